The summed E-state index contributed by atoms with van der Waals surface area (Å²) < 4.78 is 7.66. The van der Waals surface area contributed by atoms with Gasteiger partial charge >= 0.3 is 5.97 Å². The van der Waals surface area contributed by atoms with Crippen LogP contribution in [-0.2, 0) is 14.3 Å². The van der Waals surface area contributed by atoms with Crippen LogP contribution in [0.3, 0.4) is 0 Å². The number of hydrogen-bond donors (Lipinski definition) is 0. The molecule has 172 valence electrons. The van der Waals surface area contributed by atoms with Gasteiger partial charge in [0, 0.05) is 36.2 Å². The molecule has 5 rings (SSSR count). The fourth-order valence-electron chi connectivity index (χ4n) is 8.02. The van der Waals surface area contributed by atoms with E-state index in [0.29, 0.717) is 28.8 Å². The molecule has 0 amide bonds. The minimum absolute atomic E-state index is 0.00960. The van der Waals surface area contributed by atoms with Crippen molar-refractivity contribution in [1.29, 1.82) is 0 Å². The van der Waals surface area contributed by atoms with Crippen molar-refractivity contribution in [3.05, 3.63) is 34.9 Å². The van der Waals surface area contributed by atoms with Crippen molar-refractivity contribution in [3.8, 4) is 0 Å². The molecule has 0 aliphatic heterocycles. The summed E-state index contributed by atoms with van der Waals surface area (Å²) in [6.45, 7) is 8.53. The third kappa shape index (κ3) is 3.14. The number of imidazole rings is 1. The molecule has 0 aromatic carbocycles. The van der Waals surface area contributed by atoms with Crippen LogP contribution in [0.2, 0.25) is 5.15 Å². The third-order valence-electron chi connectivity index (χ3n) is 9.37. The minimum Gasteiger partial charge on any atom is -0.462 e. The zero-order valence-electron chi connectivity index (χ0n) is 19.4. The van der Waals surface area contributed by atoms with E-state index >= 15 is 0 Å². The highest BCUT2D eigenvalue weighted by molar-refractivity contribution is 6.29. The van der Waals surface area contributed by atoms with Crippen molar-refractivity contribution in [2.75, 3.05) is 0 Å². The average molecular weight is 457 g/mol. The number of carbonyl (C=O) groups is 2. The van der Waals surface area contributed by atoms with Gasteiger partial charge in [-0.25, -0.2) is 4.98 Å². The summed E-state index contributed by atoms with van der Waals surface area (Å²) in [5, 5.41) is 0.458. The van der Waals surface area contributed by atoms with Crippen LogP contribution in [0.4, 0.5) is 0 Å². The van der Waals surface area contributed by atoms with Crippen molar-refractivity contribution < 1.29 is 14.3 Å². The van der Waals surface area contributed by atoms with Crippen molar-refractivity contribution in [2.24, 2.45) is 34.5 Å². The van der Waals surface area contributed by atoms with Gasteiger partial charge in [0.1, 0.15) is 23.9 Å². The zero-order chi connectivity index (χ0) is 22.8. The summed E-state index contributed by atoms with van der Waals surface area (Å²) in [7, 11) is 0. The molecule has 0 bridgehead atoms. The molecule has 5 nitrogen and oxygen atoms in total. The van der Waals surface area contributed by atoms with Crippen LogP contribution >= 0.6 is 11.6 Å². The van der Waals surface area contributed by atoms with Crippen LogP contribution in [-0.4, -0.2) is 27.9 Å². The van der Waals surface area contributed by atoms with Crippen molar-refractivity contribution in [2.45, 2.75) is 72.3 Å². The van der Waals surface area contributed by atoms with Crippen molar-refractivity contribution >= 4 is 29.6 Å². The van der Waals surface area contributed by atoms with Gasteiger partial charge in [0.25, 0.3) is 0 Å². The molecule has 0 saturated heterocycles. The Morgan fingerprint density at radius 1 is 1.28 bits per heavy atom. The Balaban J connectivity index is 1.48. The Hall–Kier alpha value is -1.88. The molecule has 1 aromatic heterocycles. The molecule has 4 aliphatic carbocycles. The summed E-state index contributed by atoms with van der Waals surface area (Å²) >= 11 is 6.13. The van der Waals surface area contributed by atoms with Crippen molar-refractivity contribution in [1.82, 2.24) is 9.55 Å². The molecule has 2 saturated carbocycles. The van der Waals surface area contributed by atoms with E-state index in [9.17, 15) is 9.59 Å². The van der Waals surface area contributed by atoms with Gasteiger partial charge < -0.3 is 9.30 Å². The Labute approximate surface area is 195 Å². The van der Waals surface area contributed by atoms with Crippen LogP contribution in [0.5, 0.6) is 0 Å². The maximum absolute atomic E-state index is 12.1. The van der Waals surface area contributed by atoms with Gasteiger partial charge in [-0.15, -0.1) is 0 Å². The SMILES string of the molecule is CC(=O)O[C@@H]1CC2=CCC3C(CC[C@]4(C)C(n5cnc(Cl)c5)=C(C=O)CC34)[C@@]2(C)CC1C. The number of allylic oxidation sites excluding steroid dienone is 3. The molecule has 0 radical (unpaired) electrons. The smallest absolute Gasteiger partial charge is 0.302 e. The van der Waals surface area contributed by atoms with Gasteiger partial charge in [-0.2, -0.15) is 0 Å². The van der Waals surface area contributed by atoms with Gasteiger partial charge in [-0.1, -0.05) is 44.0 Å². The predicted octanol–water partition coefficient (Wildman–Crippen LogP) is 5.70. The number of nitrogens with zero attached hydrogens (tertiary/aromatic N) is 2. The monoisotopic (exact) mass is 456 g/mol. The van der Waals surface area contributed by atoms with Crippen LogP contribution < -0.4 is 0 Å². The Morgan fingerprint density at radius 3 is 2.72 bits per heavy atom. The molecule has 1 heterocycles. The van der Waals surface area contributed by atoms with Gasteiger partial charge in [0.05, 0.1) is 0 Å². The first-order chi connectivity index (χ1) is 15.2. The number of aldehydes is 1. The zero-order valence-corrected chi connectivity index (χ0v) is 20.2. The second-order valence-corrected chi connectivity index (χ2v) is 11.4. The molecule has 6 heteroatoms. The largest absolute Gasteiger partial charge is 0.462 e. The van der Waals surface area contributed by atoms with Gasteiger partial charge in [-0.3, -0.25) is 9.59 Å². The lowest BCUT2D eigenvalue weighted by molar-refractivity contribution is -0.152. The minimum atomic E-state index is -0.182. The molecule has 7 atom stereocenters. The van der Waals surface area contributed by atoms with E-state index < -0.39 is 0 Å². The number of halogens is 1. The van der Waals surface area contributed by atoms with E-state index in [1.165, 1.54) is 12.5 Å². The highest BCUT2D eigenvalue weighted by atomic mass is 35.5. The molecular weight excluding hydrogens is 424 g/mol. The molecule has 4 unspecified atom stereocenters. The molecular formula is C26H33ClN2O3. The molecule has 0 spiro atoms. The highest BCUT2D eigenvalue weighted by Gasteiger charge is 2.59. The molecule has 2 fully saturated rings. The quantitative estimate of drug-likeness (QED) is 0.332. The first kappa shape index (κ1) is 21.9. The normalized spacial score (nSPS) is 40.8. The summed E-state index contributed by atoms with van der Waals surface area (Å²) in [5.74, 6) is 1.75. The number of esters is 1. The maximum Gasteiger partial charge on any atom is 0.302 e. The Bertz CT molecular complexity index is 1030. The van der Waals surface area contributed by atoms with Crippen LogP contribution in [0.25, 0.3) is 5.70 Å². The second kappa shape index (κ2) is 7.58. The number of aromatic nitrogens is 2. The topological polar surface area (TPSA) is 61.2 Å². The summed E-state index contributed by atoms with van der Waals surface area (Å²) in [4.78, 5) is 27.9. The highest BCUT2D eigenvalue weighted by Crippen LogP contribution is 2.67. The average Bonchev–Trinajstić information content (AvgIpc) is 3.28. The third-order valence-corrected chi connectivity index (χ3v) is 9.57. The number of ether oxygens (including phenoxy) is 1. The first-order valence-corrected chi connectivity index (χ1v) is 12.3. The Morgan fingerprint density at radius 2 is 2.06 bits per heavy atom. The van der Waals surface area contributed by atoms with Gasteiger partial charge in [0.2, 0.25) is 0 Å². The standard InChI is InChI=1S/C26H33ClN2O3/c1-15-11-26(4)18(10-22(15)32-16(2)31)5-6-19-20(26)7-8-25(3)21(19)9-17(13-30)24(25)29-12-23(27)28-14-29/h5,12-15,19-22H,6-11H2,1-4H3/t15?,19?,20?,21?,22-,25+,26+/m1/s1. The van der Waals surface area contributed by atoms with Crippen LogP contribution in [0, 0.1) is 34.5 Å². The van der Waals surface area contributed by atoms with E-state index in [4.69, 9.17) is 16.3 Å². The molecule has 4 aliphatic rings. The summed E-state index contributed by atoms with van der Waals surface area (Å²) in [6, 6.07) is 0. The van der Waals surface area contributed by atoms with Crippen LogP contribution in [0.15, 0.2) is 29.7 Å². The number of carbonyl (C=O) groups excluding carboxylic acids is 2. The fraction of sp³-hybridized carbons (Fsp3) is 0.654. The summed E-state index contributed by atoms with van der Waals surface area (Å²) in [5.41, 5.74) is 3.57. The van der Waals surface area contributed by atoms with E-state index in [-0.39, 0.29) is 22.9 Å². The molecule has 0 N–H and O–H groups in total. The van der Waals surface area contributed by atoms with Gasteiger partial charge in [0.15, 0.2) is 0 Å². The number of rotatable bonds is 3. The molecule has 32 heavy (non-hydrogen) atoms. The predicted molar refractivity (Wildman–Crippen MR) is 124 cm³/mol. The maximum atomic E-state index is 12.1. The fourth-order valence-corrected chi connectivity index (χ4v) is 8.17. The van der Waals surface area contributed by atoms with E-state index in [1.54, 1.807) is 6.33 Å². The number of fused-ring (bicyclic) bond motifs is 5. The summed E-state index contributed by atoms with van der Waals surface area (Å²) in [6.07, 6.45) is 13.1. The molecule has 1 aromatic rings. The Kier molecular flexibility index (Phi) is 5.20. The van der Waals surface area contributed by atoms with Gasteiger partial charge in [-0.05, 0) is 61.2 Å². The van der Waals surface area contributed by atoms with E-state index in [2.05, 4.69) is 31.8 Å². The van der Waals surface area contributed by atoms with Crippen molar-refractivity contribution in [3.63, 3.8) is 0 Å². The lowest BCUT2D eigenvalue weighted by Gasteiger charge is -2.58. The number of hydrogen-bond acceptors (Lipinski definition) is 4. The van der Waals surface area contributed by atoms with E-state index in [1.807, 2.05) is 10.8 Å². The van der Waals surface area contributed by atoms with E-state index in [0.717, 1.165) is 56.1 Å². The first-order valence-electron chi connectivity index (χ1n) is 11.9. The lowest BCUT2D eigenvalue weighted by Crippen LogP contribution is -2.51. The van der Waals surface area contributed by atoms with Crippen LogP contribution in [0.1, 0.15) is 66.2 Å². The lowest BCUT2D eigenvalue weighted by atomic mass is 9.47. The second-order valence-electron chi connectivity index (χ2n) is 11.0.